The van der Waals surface area contributed by atoms with Crippen LogP contribution in [0, 0.1) is 5.92 Å². The van der Waals surface area contributed by atoms with Gasteiger partial charge >= 0.3 is 0 Å². The summed E-state index contributed by atoms with van der Waals surface area (Å²) in [5.74, 6) is 6.56. The van der Waals surface area contributed by atoms with Crippen molar-refractivity contribution in [2.24, 2.45) is 22.5 Å². The summed E-state index contributed by atoms with van der Waals surface area (Å²) in [6.07, 6.45) is 5.21. The summed E-state index contributed by atoms with van der Waals surface area (Å²) in [6, 6.07) is 14.4. The van der Waals surface area contributed by atoms with Crippen molar-refractivity contribution in [2.45, 2.75) is 25.8 Å². The van der Waals surface area contributed by atoms with Crippen LogP contribution in [0.2, 0.25) is 0 Å². The lowest BCUT2D eigenvalue weighted by Gasteiger charge is -2.31. The summed E-state index contributed by atoms with van der Waals surface area (Å²) < 4.78 is 0. The van der Waals surface area contributed by atoms with E-state index >= 15 is 0 Å². The predicted octanol–water partition coefficient (Wildman–Crippen LogP) is 2.37. The van der Waals surface area contributed by atoms with Crippen molar-refractivity contribution in [3.63, 3.8) is 0 Å². The Hall–Kier alpha value is -2.44. The fraction of sp³-hybridized carbons (Fsp3) is 0.400. The average molecular weight is 352 g/mol. The van der Waals surface area contributed by atoms with Crippen molar-refractivity contribution >= 4 is 11.5 Å². The van der Waals surface area contributed by atoms with Gasteiger partial charge in [-0.25, -0.2) is 0 Å². The first-order valence-electron chi connectivity index (χ1n) is 9.24. The number of hydrogen-bond donors (Lipinski definition) is 3. The van der Waals surface area contributed by atoms with Crippen molar-refractivity contribution in [1.29, 1.82) is 0 Å². The van der Waals surface area contributed by atoms with Crippen molar-refractivity contribution < 1.29 is 0 Å². The number of benzene rings is 1. The molecule has 0 saturated carbocycles. The molecule has 3 rings (SSSR count). The number of rotatable bonds is 7. The van der Waals surface area contributed by atoms with Gasteiger partial charge in [-0.15, -0.1) is 0 Å². The topological polar surface area (TPSA) is 92.6 Å². The number of nitrogens with two attached hydrogens (primary N) is 2. The normalized spacial score (nSPS) is 16.6. The standard InChI is InChI=1S/C20H28N6/c21-20(19-7-6-18(25-22)14-24-19)23-11-8-16-9-12-26(13-10-16)15-17-4-2-1-3-5-17/h1-7,14,16,25H,8-13,15,22H2,(H2,21,23). The van der Waals surface area contributed by atoms with E-state index in [1.807, 2.05) is 12.1 Å². The number of nitrogens with zero attached hydrogens (tertiary/aromatic N) is 3. The highest BCUT2D eigenvalue weighted by atomic mass is 15.2. The lowest BCUT2D eigenvalue weighted by atomic mass is 9.93. The number of hydrazine groups is 1. The Bertz CT molecular complexity index is 690. The van der Waals surface area contributed by atoms with E-state index in [-0.39, 0.29) is 0 Å². The average Bonchev–Trinajstić information content (AvgIpc) is 2.70. The number of hydrogen-bond acceptors (Lipinski definition) is 5. The van der Waals surface area contributed by atoms with Crippen LogP contribution in [0.3, 0.4) is 0 Å². The molecule has 0 radical (unpaired) electrons. The maximum Gasteiger partial charge on any atom is 0.144 e. The first kappa shape index (κ1) is 18.4. The largest absolute Gasteiger partial charge is 0.382 e. The van der Waals surface area contributed by atoms with Crippen LogP contribution < -0.4 is 17.0 Å². The van der Waals surface area contributed by atoms with Gasteiger partial charge in [0.2, 0.25) is 0 Å². The van der Waals surface area contributed by atoms with Crippen molar-refractivity contribution in [2.75, 3.05) is 25.1 Å². The van der Waals surface area contributed by atoms with Gasteiger partial charge in [0.25, 0.3) is 0 Å². The third kappa shape index (κ3) is 5.28. The molecule has 0 spiro atoms. The fourth-order valence-corrected chi connectivity index (χ4v) is 3.35. The zero-order chi connectivity index (χ0) is 18.2. The monoisotopic (exact) mass is 352 g/mol. The minimum absolute atomic E-state index is 0.495. The number of anilines is 1. The van der Waals surface area contributed by atoms with Gasteiger partial charge < -0.3 is 11.2 Å². The van der Waals surface area contributed by atoms with Crippen LogP contribution >= 0.6 is 0 Å². The summed E-state index contributed by atoms with van der Waals surface area (Å²) >= 11 is 0. The summed E-state index contributed by atoms with van der Waals surface area (Å²) in [5, 5.41) is 0. The van der Waals surface area contributed by atoms with Crippen LogP contribution in [-0.4, -0.2) is 35.4 Å². The van der Waals surface area contributed by atoms with E-state index in [1.165, 1.54) is 18.4 Å². The first-order valence-corrected chi connectivity index (χ1v) is 9.24. The molecule has 0 atom stereocenters. The van der Waals surface area contributed by atoms with Crippen LogP contribution in [0.4, 0.5) is 5.69 Å². The molecular formula is C20H28N6. The number of aliphatic imine (C=N–C) groups is 1. The van der Waals surface area contributed by atoms with Crippen LogP contribution in [0.25, 0.3) is 0 Å². The molecule has 1 saturated heterocycles. The van der Waals surface area contributed by atoms with Gasteiger partial charge in [0.1, 0.15) is 11.5 Å². The Morgan fingerprint density at radius 3 is 2.58 bits per heavy atom. The Morgan fingerprint density at radius 2 is 1.92 bits per heavy atom. The molecule has 0 aliphatic carbocycles. The van der Waals surface area contributed by atoms with E-state index in [9.17, 15) is 0 Å². The molecule has 2 heterocycles. The molecule has 5 N–H and O–H groups in total. The molecule has 138 valence electrons. The van der Waals surface area contributed by atoms with E-state index in [2.05, 4.69) is 50.6 Å². The van der Waals surface area contributed by atoms with Gasteiger partial charge in [-0.1, -0.05) is 30.3 Å². The Kier molecular flexibility index (Phi) is 6.57. The van der Waals surface area contributed by atoms with Gasteiger partial charge in [-0.2, -0.15) is 0 Å². The van der Waals surface area contributed by atoms with E-state index in [0.717, 1.165) is 44.2 Å². The van der Waals surface area contributed by atoms with Crippen molar-refractivity contribution in [3.05, 3.63) is 59.9 Å². The van der Waals surface area contributed by atoms with Gasteiger partial charge in [0, 0.05) is 13.1 Å². The zero-order valence-corrected chi connectivity index (χ0v) is 15.1. The second-order valence-corrected chi connectivity index (χ2v) is 6.84. The minimum Gasteiger partial charge on any atom is -0.382 e. The van der Waals surface area contributed by atoms with Crippen LogP contribution in [-0.2, 0) is 6.54 Å². The Labute approximate surface area is 155 Å². The molecule has 1 fully saturated rings. The van der Waals surface area contributed by atoms with E-state index in [4.69, 9.17) is 11.6 Å². The van der Waals surface area contributed by atoms with Gasteiger partial charge in [-0.05, 0) is 56.0 Å². The Morgan fingerprint density at radius 1 is 1.15 bits per heavy atom. The molecule has 26 heavy (non-hydrogen) atoms. The SMILES string of the molecule is NNc1ccc(C(N)=NCCC2CCN(Cc3ccccc3)CC2)nc1. The highest BCUT2D eigenvalue weighted by Crippen LogP contribution is 2.21. The van der Waals surface area contributed by atoms with E-state index in [0.29, 0.717) is 11.5 Å². The molecule has 6 nitrogen and oxygen atoms in total. The number of likely N-dealkylation sites (tertiary alicyclic amines) is 1. The van der Waals surface area contributed by atoms with E-state index in [1.54, 1.807) is 6.20 Å². The van der Waals surface area contributed by atoms with Crippen LogP contribution in [0.1, 0.15) is 30.5 Å². The van der Waals surface area contributed by atoms with Gasteiger partial charge in [0.15, 0.2) is 0 Å². The van der Waals surface area contributed by atoms with Crippen LogP contribution in [0.15, 0.2) is 53.7 Å². The second-order valence-electron chi connectivity index (χ2n) is 6.84. The summed E-state index contributed by atoms with van der Waals surface area (Å²) in [6.45, 7) is 4.13. The predicted molar refractivity (Wildman–Crippen MR) is 107 cm³/mol. The zero-order valence-electron chi connectivity index (χ0n) is 15.1. The molecule has 1 aliphatic heterocycles. The third-order valence-corrected chi connectivity index (χ3v) is 4.97. The van der Waals surface area contributed by atoms with Gasteiger partial charge in [0.05, 0.1) is 11.9 Å². The number of nitrogen functional groups attached to an aromatic ring is 1. The van der Waals surface area contributed by atoms with Crippen LogP contribution in [0.5, 0.6) is 0 Å². The molecule has 0 bridgehead atoms. The first-order chi connectivity index (χ1) is 12.7. The van der Waals surface area contributed by atoms with E-state index < -0.39 is 0 Å². The maximum atomic E-state index is 6.04. The minimum atomic E-state index is 0.495. The summed E-state index contributed by atoms with van der Waals surface area (Å²) in [7, 11) is 0. The third-order valence-electron chi connectivity index (χ3n) is 4.97. The molecule has 1 aliphatic rings. The smallest absolute Gasteiger partial charge is 0.144 e. The second kappa shape index (κ2) is 9.31. The number of pyridine rings is 1. The molecule has 0 unspecified atom stereocenters. The Balaban J connectivity index is 1.40. The van der Waals surface area contributed by atoms with Gasteiger partial charge in [-0.3, -0.25) is 20.7 Å². The molecule has 0 amide bonds. The molecular weight excluding hydrogens is 324 g/mol. The van der Waals surface area contributed by atoms with Crippen molar-refractivity contribution in [1.82, 2.24) is 9.88 Å². The maximum absolute atomic E-state index is 6.04. The fourth-order valence-electron chi connectivity index (χ4n) is 3.35. The lowest BCUT2D eigenvalue weighted by molar-refractivity contribution is 0.173. The number of nitrogens with one attached hydrogen (secondary N) is 1. The molecule has 1 aromatic carbocycles. The quantitative estimate of drug-likeness (QED) is 0.308. The molecule has 1 aromatic heterocycles. The number of aromatic nitrogens is 1. The molecule has 2 aromatic rings. The van der Waals surface area contributed by atoms with Crippen molar-refractivity contribution in [3.8, 4) is 0 Å². The highest BCUT2D eigenvalue weighted by molar-refractivity contribution is 5.95. The number of piperidine rings is 1. The summed E-state index contributed by atoms with van der Waals surface area (Å²) in [5.41, 5.74) is 11.4. The lowest BCUT2D eigenvalue weighted by Crippen LogP contribution is -2.33. The highest BCUT2D eigenvalue weighted by Gasteiger charge is 2.18. The number of amidine groups is 1. The molecule has 6 heteroatoms. The summed E-state index contributed by atoms with van der Waals surface area (Å²) in [4.78, 5) is 11.3.